The predicted molar refractivity (Wildman–Crippen MR) is 208 cm³/mol. The molecule has 0 atom stereocenters. The molecular weight excluding hydrogens is 581 g/mol. The largest absolute Gasteiger partial charge is 0.274 e. The lowest BCUT2D eigenvalue weighted by atomic mass is 9.78. The molecule has 2 heteroatoms. The Morgan fingerprint density at radius 1 is 0.292 bits per heavy atom. The van der Waals surface area contributed by atoms with E-state index in [1.165, 1.54) is 99.1 Å². The quantitative estimate of drug-likeness (QED) is 0.117. The van der Waals surface area contributed by atoms with E-state index in [1.54, 1.807) is 0 Å². The Kier molecular flexibility index (Phi) is 8.37. The van der Waals surface area contributed by atoms with Crippen molar-refractivity contribution in [3.05, 3.63) is 168 Å². The van der Waals surface area contributed by atoms with E-state index in [0.29, 0.717) is 0 Å². The highest BCUT2D eigenvalue weighted by Crippen LogP contribution is 2.51. The van der Waals surface area contributed by atoms with Gasteiger partial charge in [0.2, 0.25) is 0 Å². The van der Waals surface area contributed by atoms with Gasteiger partial charge >= 0.3 is 0 Å². The number of hydrazine groups is 1. The van der Waals surface area contributed by atoms with Crippen LogP contribution < -0.4 is 11.7 Å². The topological polar surface area (TPSA) is 52.0 Å². The van der Waals surface area contributed by atoms with Crippen LogP contribution in [0.25, 0.3) is 76.8 Å². The van der Waals surface area contributed by atoms with Crippen molar-refractivity contribution >= 4 is 32.3 Å². The summed E-state index contributed by atoms with van der Waals surface area (Å²) in [6, 6.07) is 54.7. The number of aryl methyl sites for hydroxylation is 4. The van der Waals surface area contributed by atoms with Crippen molar-refractivity contribution in [2.45, 2.75) is 27.7 Å². The van der Waals surface area contributed by atoms with Crippen LogP contribution in [0.5, 0.6) is 0 Å². The summed E-state index contributed by atoms with van der Waals surface area (Å²) in [7, 11) is 0. The SMILES string of the molecule is Cc1ccc(-c2c(-c3ccc(C)cc3)c(-c3ccc(C)cc3)c3cc4cc5ccccc5cc4cc3c2-c2ccc(C)cc2)cc1.NN. The maximum Gasteiger partial charge on any atom is -0.00141 e. The van der Waals surface area contributed by atoms with E-state index >= 15 is 0 Å². The molecule has 8 aromatic rings. The zero-order chi connectivity index (χ0) is 33.4. The third-order valence-corrected chi connectivity index (χ3v) is 9.49. The molecule has 2 nitrogen and oxygen atoms in total. The van der Waals surface area contributed by atoms with Crippen LogP contribution in [-0.4, -0.2) is 0 Å². The van der Waals surface area contributed by atoms with Crippen molar-refractivity contribution in [3.8, 4) is 44.5 Å². The van der Waals surface area contributed by atoms with E-state index in [1.807, 2.05) is 0 Å². The van der Waals surface area contributed by atoms with Gasteiger partial charge in [0, 0.05) is 0 Å². The van der Waals surface area contributed by atoms with Crippen LogP contribution in [0.15, 0.2) is 146 Å². The van der Waals surface area contributed by atoms with E-state index in [-0.39, 0.29) is 0 Å². The van der Waals surface area contributed by atoms with Crippen molar-refractivity contribution in [1.82, 2.24) is 0 Å². The molecular formula is C46H40N2. The minimum Gasteiger partial charge on any atom is -0.274 e. The van der Waals surface area contributed by atoms with Crippen LogP contribution in [0, 0.1) is 27.7 Å². The summed E-state index contributed by atoms with van der Waals surface area (Å²) in [5.41, 5.74) is 15.1. The second kappa shape index (κ2) is 12.9. The lowest BCUT2D eigenvalue weighted by Crippen LogP contribution is -2.02. The molecule has 8 rings (SSSR count). The molecule has 0 aliphatic carbocycles. The first-order valence-corrected chi connectivity index (χ1v) is 16.5. The van der Waals surface area contributed by atoms with Gasteiger partial charge in [-0.15, -0.1) is 0 Å². The maximum atomic E-state index is 4.00. The molecule has 234 valence electrons. The molecule has 0 saturated carbocycles. The highest BCUT2D eigenvalue weighted by Gasteiger charge is 2.24. The Hall–Kier alpha value is -5.54. The van der Waals surface area contributed by atoms with Crippen molar-refractivity contribution in [2.75, 3.05) is 0 Å². The molecule has 0 heterocycles. The summed E-state index contributed by atoms with van der Waals surface area (Å²) in [6.07, 6.45) is 0. The van der Waals surface area contributed by atoms with Gasteiger partial charge in [0.15, 0.2) is 0 Å². The minimum atomic E-state index is 1.23. The number of rotatable bonds is 4. The predicted octanol–water partition coefficient (Wildman–Crippen LogP) is 11.9. The average molecular weight is 621 g/mol. The molecule has 48 heavy (non-hydrogen) atoms. The second-order valence-electron chi connectivity index (χ2n) is 12.9. The van der Waals surface area contributed by atoms with E-state index < -0.39 is 0 Å². The summed E-state index contributed by atoms with van der Waals surface area (Å²) in [6.45, 7) is 8.67. The second-order valence-corrected chi connectivity index (χ2v) is 12.9. The van der Waals surface area contributed by atoms with Gasteiger partial charge < -0.3 is 0 Å². The molecule has 0 amide bonds. The van der Waals surface area contributed by atoms with Gasteiger partial charge in [0.25, 0.3) is 0 Å². The van der Waals surface area contributed by atoms with Crippen LogP contribution in [0.2, 0.25) is 0 Å². The third-order valence-electron chi connectivity index (χ3n) is 9.49. The molecule has 0 aliphatic rings. The Labute approximate surface area is 283 Å². The van der Waals surface area contributed by atoms with Crippen molar-refractivity contribution in [3.63, 3.8) is 0 Å². The highest BCUT2D eigenvalue weighted by atomic mass is 15.0. The number of hydrogen-bond acceptors (Lipinski definition) is 2. The molecule has 0 fully saturated rings. The van der Waals surface area contributed by atoms with Crippen molar-refractivity contribution < 1.29 is 0 Å². The molecule has 0 aliphatic heterocycles. The number of nitrogens with two attached hydrogens (primary N) is 2. The molecule has 4 N–H and O–H groups in total. The zero-order valence-corrected chi connectivity index (χ0v) is 28.0. The Morgan fingerprint density at radius 3 is 0.854 bits per heavy atom. The fourth-order valence-electron chi connectivity index (χ4n) is 6.98. The van der Waals surface area contributed by atoms with Crippen LogP contribution in [-0.2, 0) is 0 Å². The lowest BCUT2D eigenvalue weighted by Gasteiger charge is -2.25. The number of benzene rings is 8. The fraction of sp³-hybridized carbons (Fsp3) is 0.0870. The van der Waals surface area contributed by atoms with Crippen LogP contribution >= 0.6 is 0 Å². The molecule has 0 unspecified atom stereocenters. The fourth-order valence-corrected chi connectivity index (χ4v) is 6.98. The summed E-state index contributed by atoms with van der Waals surface area (Å²) in [4.78, 5) is 0. The van der Waals surface area contributed by atoms with Gasteiger partial charge in [-0.05, 0) is 129 Å². The summed E-state index contributed by atoms with van der Waals surface area (Å²) >= 11 is 0. The molecule has 0 saturated heterocycles. The number of hydrogen-bond donors (Lipinski definition) is 2. The lowest BCUT2D eigenvalue weighted by molar-refractivity contribution is 1.26. The van der Waals surface area contributed by atoms with Gasteiger partial charge in [-0.3, -0.25) is 11.7 Å². The third kappa shape index (κ3) is 5.66. The van der Waals surface area contributed by atoms with Crippen molar-refractivity contribution in [2.24, 2.45) is 11.7 Å². The average Bonchev–Trinajstić information content (AvgIpc) is 3.11. The highest BCUT2D eigenvalue weighted by molar-refractivity contribution is 6.21. The molecule has 0 bridgehead atoms. The summed E-state index contributed by atoms with van der Waals surface area (Å²) in [5.74, 6) is 8.00. The minimum absolute atomic E-state index is 1.23. The monoisotopic (exact) mass is 620 g/mol. The van der Waals surface area contributed by atoms with Crippen LogP contribution in [0.4, 0.5) is 0 Å². The Morgan fingerprint density at radius 2 is 0.562 bits per heavy atom. The smallest absolute Gasteiger partial charge is 0.00141 e. The van der Waals surface area contributed by atoms with E-state index in [4.69, 9.17) is 0 Å². The Bertz CT molecular complexity index is 2230. The first-order valence-electron chi connectivity index (χ1n) is 16.5. The first kappa shape index (κ1) is 31.1. The van der Waals surface area contributed by atoms with Gasteiger partial charge in [0.05, 0.1) is 0 Å². The van der Waals surface area contributed by atoms with Crippen molar-refractivity contribution in [1.29, 1.82) is 0 Å². The Balaban J connectivity index is 0.00000179. The number of fused-ring (bicyclic) bond motifs is 3. The van der Waals surface area contributed by atoms with Crippen LogP contribution in [0.1, 0.15) is 22.3 Å². The zero-order valence-electron chi connectivity index (χ0n) is 28.0. The first-order chi connectivity index (χ1) is 23.4. The van der Waals surface area contributed by atoms with Gasteiger partial charge in [0.1, 0.15) is 0 Å². The van der Waals surface area contributed by atoms with E-state index in [2.05, 4.69) is 185 Å². The van der Waals surface area contributed by atoms with Gasteiger partial charge in [-0.25, -0.2) is 0 Å². The molecule has 0 radical (unpaired) electrons. The summed E-state index contributed by atoms with van der Waals surface area (Å²) in [5, 5.41) is 7.59. The van der Waals surface area contributed by atoms with E-state index in [0.717, 1.165) is 0 Å². The van der Waals surface area contributed by atoms with E-state index in [9.17, 15) is 0 Å². The van der Waals surface area contributed by atoms with Gasteiger partial charge in [-0.1, -0.05) is 144 Å². The molecule has 0 aromatic heterocycles. The molecule has 0 spiro atoms. The normalized spacial score (nSPS) is 11.1. The molecule has 8 aromatic carbocycles. The maximum absolute atomic E-state index is 4.00. The summed E-state index contributed by atoms with van der Waals surface area (Å²) < 4.78 is 0. The van der Waals surface area contributed by atoms with Gasteiger partial charge in [-0.2, -0.15) is 0 Å². The standard InChI is InChI=1S/C46H36.H4N2/c1-29-9-17-33(18-10-29)43-41-27-39-25-37-7-5-6-8-38(37)26-40(39)28-42(41)44(34-19-11-30(2)12-20-34)46(36-23-15-32(4)16-24-36)45(43)35-21-13-31(3)14-22-35;1-2/h5-28H,1-4H3;1-2H2. The van der Waals surface area contributed by atoms with Crippen LogP contribution in [0.3, 0.4) is 0 Å².